The molecule has 1 heterocycles. The molecule has 0 aliphatic carbocycles. The van der Waals surface area contributed by atoms with E-state index in [1.54, 1.807) is 12.1 Å². The lowest BCUT2D eigenvalue weighted by Gasteiger charge is -2.26. The van der Waals surface area contributed by atoms with Crippen LogP contribution in [0.2, 0.25) is 0 Å². The second-order valence-electron chi connectivity index (χ2n) is 5.79. The van der Waals surface area contributed by atoms with Crippen LogP contribution >= 0.6 is 11.3 Å². The molecule has 22 heavy (non-hydrogen) atoms. The van der Waals surface area contributed by atoms with Gasteiger partial charge in [0.25, 0.3) is 0 Å². The first-order valence-corrected chi connectivity index (χ1v) is 9.72. The van der Waals surface area contributed by atoms with Crippen molar-refractivity contribution >= 4 is 21.2 Å². The minimum absolute atomic E-state index is 0.0287. The van der Waals surface area contributed by atoms with Gasteiger partial charge in [0.2, 0.25) is 0 Å². The lowest BCUT2D eigenvalue weighted by molar-refractivity contribution is 0.398. The molecule has 0 aliphatic heterocycles. The average Bonchev–Trinajstić information content (AvgIpc) is 2.82. The van der Waals surface area contributed by atoms with Crippen molar-refractivity contribution in [2.45, 2.75) is 31.7 Å². The summed E-state index contributed by atoms with van der Waals surface area (Å²) in [5.41, 5.74) is 1.44. The summed E-state index contributed by atoms with van der Waals surface area (Å²) < 4.78 is 35.5. The summed E-state index contributed by atoms with van der Waals surface area (Å²) >= 11 is 1.34. The van der Waals surface area contributed by atoms with Crippen LogP contribution in [0.25, 0.3) is 0 Å². The maximum Gasteiger partial charge on any atom is 0.153 e. The third-order valence-electron chi connectivity index (χ3n) is 3.26. The fourth-order valence-corrected chi connectivity index (χ4v) is 4.01. The number of hydrogen-bond donors (Lipinski definition) is 1. The van der Waals surface area contributed by atoms with Gasteiger partial charge in [-0.3, -0.25) is 0 Å². The molecule has 0 amide bonds. The molecule has 0 atom stereocenters. The van der Waals surface area contributed by atoms with Crippen LogP contribution in [-0.4, -0.2) is 19.7 Å². The zero-order valence-electron chi connectivity index (χ0n) is 12.8. The van der Waals surface area contributed by atoms with Crippen LogP contribution in [0.4, 0.5) is 4.39 Å². The third-order valence-corrected chi connectivity index (χ3v) is 5.14. The number of nitrogens with zero attached hydrogens (tertiary/aromatic N) is 1. The monoisotopic (exact) mass is 342 g/mol. The molecule has 0 aliphatic rings. The maximum atomic E-state index is 13.0. The molecule has 7 heteroatoms. The number of halogens is 1. The molecule has 120 valence electrons. The van der Waals surface area contributed by atoms with Crippen molar-refractivity contribution < 1.29 is 12.8 Å². The molecule has 0 spiro atoms. The van der Waals surface area contributed by atoms with Crippen LogP contribution < -0.4 is 5.32 Å². The Bertz CT molecular complexity index is 737. The van der Waals surface area contributed by atoms with E-state index in [1.807, 2.05) is 19.2 Å². The Morgan fingerprint density at radius 1 is 1.27 bits per heavy atom. The Morgan fingerprint density at radius 2 is 1.91 bits per heavy atom. The van der Waals surface area contributed by atoms with Crippen molar-refractivity contribution in [3.63, 3.8) is 0 Å². The lowest BCUT2D eigenvalue weighted by Crippen LogP contribution is -2.36. The zero-order chi connectivity index (χ0) is 16.4. The largest absolute Gasteiger partial charge is 0.302 e. The Balaban J connectivity index is 2.01. The summed E-state index contributed by atoms with van der Waals surface area (Å²) in [7, 11) is -3.06. The molecule has 0 fully saturated rings. The molecule has 0 saturated carbocycles. The SMILES string of the molecule is CC(C)(NCc1csc(CS(C)(=O)=O)n1)c1ccc(F)cc1. The Labute approximate surface area is 134 Å². The van der Waals surface area contributed by atoms with Crippen molar-refractivity contribution in [2.75, 3.05) is 6.26 Å². The summed E-state index contributed by atoms with van der Waals surface area (Å²) in [6, 6.07) is 6.37. The number of rotatable bonds is 6. The second-order valence-corrected chi connectivity index (χ2v) is 8.87. The van der Waals surface area contributed by atoms with Crippen molar-refractivity contribution in [3.8, 4) is 0 Å². The van der Waals surface area contributed by atoms with E-state index in [4.69, 9.17) is 0 Å². The van der Waals surface area contributed by atoms with E-state index in [2.05, 4.69) is 10.3 Å². The molecule has 0 saturated heterocycles. The second kappa shape index (κ2) is 6.44. The zero-order valence-corrected chi connectivity index (χ0v) is 14.4. The van der Waals surface area contributed by atoms with Gasteiger partial charge in [-0.05, 0) is 31.5 Å². The van der Waals surface area contributed by atoms with Crippen LogP contribution in [0.1, 0.15) is 30.1 Å². The Kier molecular flexibility index (Phi) is 4.99. The van der Waals surface area contributed by atoms with E-state index in [1.165, 1.54) is 29.7 Å². The van der Waals surface area contributed by atoms with Gasteiger partial charge in [-0.25, -0.2) is 17.8 Å². The summed E-state index contributed by atoms with van der Waals surface area (Å²) in [6.07, 6.45) is 1.20. The highest BCUT2D eigenvalue weighted by molar-refractivity contribution is 7.90. The van der Waals surface area contributed by atoms with E-state index >= 15 is 0 Å². The first kappa shape index (κ1) is 17.1. The molecule has 2 aromatic rings. The van der Waals surface area contributed by atoms with E-state index < -0.39 is 9.84 Å². The minimum atomic E-state index is -3.06. The number of thiazole rings is 1. The smallest absolute Gasteiger partial charge is 0.153 e. The molecule has 4 nitrogen and oxygen atoms in total. The van der Waals surface area contributed by atoms with Crippen molar-refractivity contribution in [1.82, 2.24) is 10.3 Å². The van der Waals surface area contributed by atoms with Crippen LogP contribution in [0.3, 0.4) is 0 Å². The van der Waals surface area contributed by atoms with E-state index in [9.17, 15) is 12.8 Å². The summed E-state index contributed by atoms with van der Waals surface area (Å²) in [5.74, 6) is -0.289. The lowest BCUT2D eigenvalue weighted by atomic mass is 9.94. The van der Waals surface area contributed by atoms with Crippen LogP contribution in [0.5, 0.6) is 0 Å². The topological polar surface area (TPSA) is 59.1 Å². The maximum absolute atomic E-state index is 13.0. The standard InChI is InChI=1S/C15H19FN2O2S2/c1-15(2,11-4-6-12(16)7-5-11)17-8-13-9-21-14(18-13)10-22(3,19)20/h4-7,9,17H,8,10H2,1-3H3. The molecule has 0 unspecified atom stereocenters. The number of nitrogens with one attached hydrogen (secondary N) is 1. The summed E-state index contributed by atoms with van der Waals surface area (Å²) in [5, 5.41) is 5.81. The molecule has 0 radical (unpaired) electrons. The van der Waals surface area contributed by atoms with Crippen LogP contribution in [-0.2, 0) is 27.7 Å². The third kappa shape index (κ3) is 4.86. The van der Waals surface area contributed by atoms with Gasteiger partial charge in [0.15, 0.2) is 9.84 Å². The normalized spacial score (nSPS) is 12.5. The number of aromatic nitrogens is 1. The van der Waals surface area contributed by atoms with E-state index in [0.29, 0.717) is 11.6 Å². The molecular formula is C15H19FN2O2S2. The molecule has 1 N–H and O–H groups in total. The molecule has 2 rings (SSSR count). The van der Waals surface area contributed by atoms with Gasteiger partial charge >= 0.3 is 0 Å². The van der Waals surface area contributed by atoms with Gasteiger partial charge in [-0.1, -0.05) is 12.1 Å². The van der Waals surface area contributed by atoms with Gasteiger partial charge in [0, 0.05) is 23.7 Å². The highest BCUT2D eigenvalue weighted by atomic mass is 32.2. The average molecular weight is 342 g/mol. The van der Waals surface area contributed by atoms with Gasteiger partial charge in [-0.15, -0.1) is 11.3 Å². The summed E-state index contributed by atoms with van der Waals surface area (Å²) in [4.78, 5) is 4.32. The highest BCUT2D eigenvalue weighted by Crippen LogP contribution is 2.21. The van der Waals surface area contributed by atoms with Gasteiger partial charge in [0.05, 0.1) is 5.69 Å². The van der Waals surface area contributed by atoms with Crippen LogP contribution in [0.15, 0.2) is 29.6 Å². The van der Waals surface area contributed by atoms with Crippen molar-refractivity contribution in [1.29, 1.82) is 0 Å². The minimum Gasteiger partial charge on any atom is -0.302 e. The molecule has 0 bridgehead atoms. The van der Waals surface area contributed by atoms with Crippen molar-refractivity contribution in [2.24, 2.45) is 0 Å². The first-order chi connectivity index (χ1) is 10.2. The van der Waals surface area contributed by atoms with E-state index in [0.717, 1.165) is 11.3 Å². The quantitative estimate of drug-likeness (QED) is 0.877. The van der Waals surface area contributed by atoms with Crippen LogP contribution in [0, 0.1) is 5.82 Å². The van der Waals surface area contributed by atoms with E-state index in [-0.39, 0.29) is 17.1 Å². The Hall–Kier alpha value is -1.31. The van der Waals surface area contributed by atoms with Crippen molar-refractivity contribution in [3.05, 3.63) is 51.7 Å². The number of sulfone groups is 1. The molecular weight excluding hydrogens is 323 g/mol. The molecule has 1 aromatic heterocycles. The Morgan fingerprint density at radius 3 is 2.50 bits per heavy atom. The number of hydrogen-bond acceptors (Lipinski definition) is 5. The van der Waals surface area contributed by atoms with Gasteiger partial charge in [0.1, 0.15) is 16.6 Å². The highest BCUT2D eigenvalue weighted by Gasteiger charge is 2.20. The molecule has 1 aromatic carbocycles. The summed E-state index contributed by atoms with van der Waals surface area (Å²) in [6.45, 7) is 4.53. The van der Waals surface area contributed by atoms with Gasteiger partial charge < -0.3 is 5.32 Å². The first-order valence-electron chi connectivity index (χ1n) is 6.78. The fraction of sp³-hybridized carbons (Fsp3) is 0.400. The predicted molar refractivity (Wildman–Crippen MR) is 86.9 cm³/mol. The fourth-order valence-electron chi connectivity index (χ4n) is 2.00. The number of benzene rings is 1. The predicted octanol–water partition coefficient (Wildman–Crippen LogP) is 2.85. The van der Waals surface area contributed by atoms with Gasteiger partial charge in [-0.2, -0.15) is 0 Å².